The second-order valence-electron chi connectivity index (χ2n) is 5.02. The molecule has 1 atom stereocenters. The van der Waals surface area contributed by atoms with E-state index < -0.39 is 0 Å². The summed E-state index contributed by atoms with van der Waals surface area (Å²) in [5.74, 6) is 0. The molecule has 0 aliphatic carbocycles. The molecule has 0 radical (unpaired) electrons. The zero-order valence-electron chi connectivity index (χ0n) is 11.4. The van der Waals surface area contributed by atoms with Crippen LogP contribution in [0.4, 0.5) is 0 Å². The summed E-state index contributed by atoms with van der Waals surface area (Å²) in [5.41, 5.74) is 0. The van der Waals surface area contributed by atoms with E-state index >= 15 is 0 Å². The molecule has 0 bridgehead atoms. The quantitative estimate of drug-likeness (QED) is 0.769. The minimum atomic E-state index is 0.744. The molecule has 2 rings (SSSR count). The number of thiophene rings is 1. The fourth-order valence-corrected chi connectivity index (χ4v) is 3.47. The molecule has 1 aromatic heterocycles. The normalized spacial score (nSPS) is 20.7. The molecular formula is C14H24N2OS. The number of hydrogen-bond acceptors (Lipinski definition) is 4. The van der Waals surface area contributed by atoms with Crippen molar-refractivity contribution in [3.63, 3.8) is 0 Å². The van der Waals surface area contributed by atoms with Gasteiger partial charge in [-0.3, -0.25) is 0 Å². The van der Waals surface area contributed by atoms with E-state index in [9.17, 15) is 0 Å². The minimum Gasteiger partial charge on any atom is -0.376 e. The number of hydrogen-bond donors (Lipinski definition) is 1. The SMILES string of the molecule is CNCc1ccc(COCCC2CCCN2C)s1. The van der Waals surface area contributed by atoms with E-state index in [2.05, 4.69) is 29.4 Å². The predicted molar refractivity (Wildman–Crippen MR) is 77.0 cm³/mol. The molecule has 18 heavy (non-hydrogen) atoms. The van der Waals surface area contributed by atoms with Gasteiger partial charge in [0, 0.05) is 28.9 Å². The number of rotatable bonds is 7. The molecule has 1 unspecified atom stereocenters. The van der Waals surface area contributed by atoms with Crippen LogP contribution in [-0.4, -0.2) is 38.2 Å². The highest BCUT2D eigenvalue weighted by Gasteiger charge is 2.19. The number of ether oxygens (including phenoxy) is 1. The molecule has 0 spiro atoms. The maximum Gasteiger partial charge on any atom is 0.0809 e. The van der Waals surface area contributed by atoms with E-state index in [0.29, 0.717) is 0 Å². The van der Waals surface area contributed by atoms with E-state index in [1.807, 2.05) is 18.4 Å². The van der Waals surface area contributed by atoms with Gasteiger partial charge in [-0.2, -0.15) is 0 Å². The summed E-state index contributed by atoms with van der Waals surface area (Å²) in [6.07, 6.45) is 3.86. The Balaban J connectivity index is 1.62. The van der Waals surface area contributed by atoms with E-state index in [-0.39, 0.29) is 0 Å². The van der Waals surface area contributed by atoms with Crippen molar-refractivity contribution in [2.75, 3.05) is 27.2 Å². The highest BCUT2D eigenvalue weighted by atomic mass is 32.1. The standard InChI is InChI=1S/C14H24N2OS/c1-15-10-13-5-6-14(18-13)11-17-9-7-12-4-3-8-16(12)2/h5-6,12,15H,3-4,7-11H2,1-2H3. The summed E-state index contributed by atoms with van der Waals surface area (Å²) in [6.45, 7) is 3.86. The number of likely N-dealkylation sites (tertiary alicyclic amines) is 1. The first-order chi connectivity index (χ1) is 8.79. The fraction of sp³-hybridized carbons (Fsp3) is 0.714. The van der Waals surface area contributed by atoms with Crippen molar-refractivity contribution >= 4 is 11.3 Å². The average Bonchev–Trinajstić information content (AvgIpc) is 2.95. The van der Waals surface area contributed by atoms with Crippen molar-refractivity contribution < 1.29 is 4.74 Å². The van der Waals surface area contributed by atoms with Gasteiger partial charge in [-0.15, -0.1) is 11.3 Å². The molecule has 1 N–H and O–H groups in total. The highest BCUT2D eigenvalue weighted by Crippen LogP contribution is 2.19. The zero-order valence-corrected chi connectivity index (χ0v) is 12.3. The van der Waals surface area contributed by atoms with Gasteiger partial charge < -0.3 is 15.0 Å². The van der Waals surface area contributed by atoms with Crippen LogP contribution >= 0.6 is 11.3 Å². The predicted octanol–water partition coefficient (Wildman–Crippen LogP) is 2.47. The maximum atomic E-state index is 5.78. The summed E-state index contributed by atoms with van der Waals surface area (Å²) < 4.78 is 5.78. The summed E-state index contributed by atoms with van der Waals surface area (Å²) >= 11 is 1.84. The van der Waals surface area contributed by atoms with Crippen molar-refractivity contribution in [2.24, 2.45) is 0 Å². The second-order valence-corrected chi connectivity index (χ2v) is 6.27. The Morgan fingerprint density at radius 3 is 3.00 bits per heavy atom. The van der Waals surface area contributed by atoms with Gasteiger partial charge in [0.25, 0.3) is 0 Å². The van der Waals surface area contributed by atoms with Crippen molar-refractivity contribution in [3.8, 4) is 0 Å². The van der Waals surface area contributed by atoms with Crippen molar-refractivity contribution in [1.29, 1.82) is 0 Å². The van der Waals surface area contributed by atoms with Gasteiger partial charge in [-0.05, 0) is 52.0 Å². The van der Waals surface area contributed by atoms with Gasteiger partial charge in [0.1, 0.15) is 0 Å². The molecule has 1 fully saturated rings. The van der Waals surface area contributed by atoms with Gasteiger partial charge in [-0.1, -0.05) is 0 Å². The van der Waals surface area contributed by atoms with Crippen LogP contribution in [0.3, 0.4) is 0 Å². The lowest BCUT2D eigenvalue weighted by Gasteiger charge is -2.18. The van der Waals surface area contributed by atoms with Crippen molar-refractivity contribution in [3.05, 3.63) is 21.9 Å². The Morgan fingerprint density at radius 1 is 1.44 bits per heavy atom. The first kappa shape index (κ1) is 14.0. The smallest absolute Gasteiger partial charge is 0.0809 e. The van der Waals surface area contributed by atoms with Gasteiger partial charge >= 0.3 is 0 Å². The van der Waals surface area contributed by atoms with E-state index in [0.717, 1.165) is 25.8 Å². The van der Waals surface area contributed by atoms with E-state index in [1.165, 1.54) is 35.6 Å². The third-order valence-electron chi connectivity index (χ3n) is 3.58. The van der Waals surface area contributed by atoms with Crippen LogP contribution in [0, 0.1) is 0 Å². The maximum absolute atomic E-state index is 5.78. The number of nitrogens with zero attached hydrogens (tertiary/aromatic N) is 1. The van der Waals surface area contributed by atoms with Crippen LogP contribution in [0.1, 0.15) is 29.0 Å². The van der Waals surface area contributed by atoms with Crippen LogP contribution in [0.15, 0.2) is 12.1 Å². The molecular weight excluding hydrogens is 244 g/mol. The minimum absolute atomic E-state index is 0.744. The topological polar surface area (TPSA) is 24.5 Å². The van der Waals surface area contributed by atoms with Gasteiger partial charge in [0.2, 0.25) is 0 Å². The first-order valence-corrected chi connectivity index (χ1v) is 7.61. The average molecular weight is 268 g/mol. The lowest BCUT2D eigenvalue weighted by atomic mass is 10.1. The molecule has 3 nitrogen and oxygen atoms in total. The van der Waals surface area contributed by atoms with Gasteiger partial charge in [0.15, 0.2) is 0 Å². The monoisotopic (exact) mass is 268 g/mol. The van der Waals surface area contributed by atoms with Crippen LogP contribution in [0.5, 0.6) is 0 Å². The lowest BCUT2D eigenvalue weighted by molar-refractivity contribution is 0.103. The first-order valence-electron chi connectivity index (χ1n) is 6.80. The van der Waals surface area contributed by atoms with Gasteiger partial charge in [0.05, 0.1) is 6.61 Å². The largest absolute Gasteiger partial charge is 0.376 e. The van der Waals surface area contributed by atoms with Crippen LogP contribution in [0.2, 0.25) is 0 Å². The molecule has 1 saturated heterocycles. The number of nitrogens with one attached hydrogen (secondary N) is 1. The fourth-order valence-electron chi connectivity index (χ4n) is 2.51. The Kier molecular flexibility index (Phi) is 5.63. The summed E-state index contributed by atoms with van der Waals surface area (Å²) in [4.78, 5) is 5.17. The third-order valence-corrected chi connectivity index (χ3v) is 4.64. The van der Waals surface area contributed by atoms with Crippen LogP contribution in [0.25, 0.3) is 0 Å². The second kappa shape index (κ2) is 7.24. The Hall–Kier alpha value is -0.420. The van der Waals surface area contributed by atoms with Crippen molar-refractivity contribution in [2.45, 2.75) is 38.5 Å². The molecule has 1 aromatic rings. The van der Waals surface area contributed by atoms with Crippen LogP contribution in [-0.2, 0) is 17.9 Å². The summed E-state index contributed by atoms with van der Waals surface area (Å²) in [5, 5.41) is 3.17. The molecule has 0 amide bonds. The molecule has 4 heteroatoms. The molecule has 0 aromatic carbocycles. The zero-order chi connectivity index (χ0) is 12.8. The Morgan fingerprint density at radius 2 is 2.28 bits per heavy atom. The molecule has 0 saturated carbocycles. The lowest BCUT2D eigenvalue weighted by Crippen LogP contribution is -2.25. The molecule has 1 aliphatic heterocycles. The van der Waals surface area contributed by atoms with Gasteiger partial charge in [-0.25, -0.2) is 0 Å². The van der Waals surface area contributed by atoms with E-state index in [1.54, 1.807) is 0 Å². The highest BCUT2D eigenvalue weighted by molar-refractivity contribution is 7.11. The third kappa shape index (κ3) is 4.05. The van der Waals surface area contributed by atoms with E-state index in [4.69, 9.17) is 4.74 Å². The summed E-state index contributed by atoms with van der Waals surface area (Å²) in [6, 6.07) is 5.11. The Bertz CT molecular complexity index is 353. The summed E-state index contributed by atoms with van der Waals surface area (Å²) in [7, 11) is 4.20. The molecule has 2 heterocycles. The molecule has 102 valence electrons. The van der Waals surface area contributed by atoms with Crippen LogP contribution < -0.4 is 5.32 Å². The van der Waals surface area contributed by atoms with Crippen molar-refractivity contribution in [1.82, 2.24) is 10.2 Å². The molecule has 1 aliphatic rings. The Labute approximate surface area is 114 Å².